The van der Waals surface area contributed by atoms with Crippen LogP contribution in [0.1, 0.15) is 32.6 Å². The maximum atomic E-state index is 11.8. The number of hydrogen-bond acceptors (Lipinski definition) is 2. The monoisotopic (exact) mass is 298 g/mol. The number of hydrogen-bond donors (Lipinski definition) is 1. The van der Waals surface area contributed by atoms with Crippen molar-refractivity contribution in [2.45, 2.75) is 37.4 Å². The van der Waals surface area contributed by atoms with Crippen molar-refractivity contribution >= 4 is 26.1 Å². The van der Waals surface area contributed by atoms with Crippen LogP contribution >= 0.6 is 15.9 Å². The van der Waals surface area contributed by atoms with Gasteiger partial charge in [-0.05, 0) is 19.3 Å². The van der Waals surface area contributed by atoms with Crippen molar-refractivity contribution in [2.75, 3.05) is 19.6 Å². The maximum absolute atomic E-state index is 11.8. The molecular weight excluding hydrogens is 280 g/mol. The molecule has 0 bridgehead atoms. The second-order valence-corrected chi connectivity index (χ2v) is 7.25. The van der Waals surface area contributed by atoms with Crippen molar-refractivity contribution in [3.63, 3.8) is 0 Å². The molecular formula is C9H19BrN2O2S. The molecule has 0 saturated carbocycles. The largest absolute Gasteiger partial charge is 0.279 e. The van der Waals surface area contributed by atoms with Gasteiger partial charge < -0.3 is 0 Å². The normalized spacial score (nSPS) is 21.5. The van der Waals surface area contributed by atoms with Crippen LogP contribution in [0.5, 0.6) is 0 Å². The Hall–Kier alpha value is 0.350. The Bertz CT molecular complexity index is 274. The summed E-state index contributed by atoms with van der Waals surface area (Å²) in [6.45, 7) is 3.85. The van der Waals surface area contributed by atoms with Crippen molar-refractivity contribution in [3.05, 3.63) is 0 Å². The molecule has 0 aromatic carbocycles. The first-order valence-corrected chi connectivity index (χ1v) is 7.77. The van der Waals surface area contributed by atoms with E-state index >= 15 is 0 Å². The fourth-order valence-corrected chi connectivity index (χ4v) is 3.11. The van der Waals surface area contributed by atoms with Gasteiger partial charge in [-0.15, -0.1) is 0 Å². The highest BCUT2D eigenvalue weighted by molar-refractivity contribution is 9.09. The van der Waals surface area contributed by atoms with E-state index < -0.39 is 10.2 Å². The molecule has 0 amide bonds. The van der Waals surface area contributed by atoms with Gasteiger partial charge >= 0.3 is 0 Å². The van der Waals surface area contributed by atoms with E-state index in [1.165, 1.54) is 0 Å². The molecule has 0 spiro atoms. The summed E-state index contributed by atoms with van der Waals surface area (Å²) in [5, 5.41) is 0. The van der Waals surface area contributed by atoms with Gasteiger partial charge in [-0.25, -0.2) is 4.72 Å². The van der Waals surface area contributed by atoms with Gasteiger partial charge in [0.05, 0.1) is 0 Å². The lowest BCUT2D eigenvalue weighted by Crippen LogP contribution is -2.43. The molecule has 1 atom stereocenters. The maximum Gasteiger partial charge on any atom is 0.279 e. The van der Waals surface area contributed by atoms with E-state index in [9.17, 15) is 8.42 Å². The summed E-state index contributed by atoms with van der Waals surface area (Å²) in [5.41, 5.74) is 0. The first-order valence-electron chi connectivity index (χ1n) is 5.41. The fraction of sp³-hybridized carbons (Fsp3) is 1.00. The first-order chi connectivity index (χ1) is 7.02. The zero-order chi connectivity index (χ0) is 11.3. The van der Waals surface area contributed by atoms with Crippen molar-refractivity contribution in [1.29, 1.82) is 0 Å². The average molecular weight is 299 g/mol. The lowest BCUT2D eigenvalue weighted by molar-refractivity contribution is 0.341. The zero-order valence-electron chi connectivity index (χ0n) is 9.08. The average Bonchev–Trinajstić information content (AvgIpc) is 2.18. The highest BCUT2D eigenvalue weighted by atomic mass is 79.9. The molecule has 1 aliphatic rings. The summed E-state index contributed by atoms with van der Waals surface area (Å²) in [5.74, 6) is 0. The van der Waals surface area contributed by atoms with Gasteiger partial charge in [0.2, 0.25) is 0 Å². The van der Waals surface area contributed by atoms with E-state index in [4.69, 9.17) is 0 Å². The lowest BCUT2D eigenvalue weighted by Gasteiger charge is -2.25. The van der Waals surface area contributed by atoms with Crippen LogP contribution in [0, 0.1) is 0 Å². The Morgan fingerprint density at radius 3 is 2.47 bits per heavy atom. The third-order valence-electron chi connectivity index (χ3n) is 2.48. The third-order valence-corrected chi connectivity index (χ3v) is 4.55. The van der Waals surface area contributed by atoms with Crippen LogP contribution in [-0.4, -0.2) is 37.2 Å². The van der Waals surface area contributed by atoms with E-state index in [0.717, 1.165) is 25.7 Å². The van der Waals surface area contributed by atoms with Gasteiger partial charge in [0.15, 0.2) is 0 Å². The molecule has 1 unspecified atom stereocenters. The summed E-state index contributed by atoms with van der Waals surface area (Å²) in [7, 11) is -3.22. The predicted molar refractivity (Wildman–Crippen MR) is 65.4 cm³/mol. The number of nitrogens with one attached hydrogen (secondary N) is 1. The predicted octanol–water partition coefficient (Wildman–Crippen LogP) is 1.48. The van der Waals surface area contributed by atoms with Crippen LogP contribution in [0.4, 0.5) is 0 Å². The Kier molecular flexibility index (Phi) is 5.52. The van der Waals surface area contributed by atoms with Crippen molar-refractivity contribution in [2.24, 2.45) is 0 Å². The molecule has 0 aliphatic carbocycles. The minimum Gasteiger partial charge on any atom is -0.202 e. The van der Waals surface area contributed by atoms with Crippen LogP contribution in [0.15, 0.2) is 0 Å². The molecule has 1 aliphatic heterocycles. The summed E-state index contributed by atoms with van der Waals surface area (Å²) in [6.07, 6.45) is 3.92. The summed E-state index contributed by atoms with van der Waals surface area (Å²) < 4.78 is 27.7. The second kappa shape index (κ2) is 6.18. The lowest BCUT2D eigenvalue weighted by atomic mass is 10.2. The highest BCUT2D eigenvalue weighted by Gasteiger charge is 2.22. The van der Waals surface area contributed by atoms with Crippen LogP contribution < -0.4 is 4.72 Å². The molecule has 0 aromatic heterocycles. The van der Waals surface area contributed by atoms with E-state index in [2.05, 4.69) is 20.7 Å². The number of rotatable bonds is 5. The molecule has 0 aromatic rings. The highest BCUT2D eigenvalue weighted by Crippen LogP contribution is 2.12. The molecule has 90 valence electrons. The van der Waals surface area contributed by atoms with Gasteiger partial charge in [0, 0.05) is 24.5 Å². The zero-order valence-corrected chi connectivity index (χ0v) is 11.5. The van der Waals surface area contributed by atoms with Crippen LogP contribution in [0.2, 0.25) is 0 Å². The number of nitrogens with zero attached hydrogens (tertiary/aromatic N) is 1. The Morgan fingerprint density at radius 2 is 1.93 bits per heavy atom. The Balaban J connectivity index is 2.36. The fourth-order valence-electron chi connectivity index (χ4n) is 1.58. The number of alkyl halides is 1. The van der Waals surface area contributed by atoms with Gasteiger partial charge in [0.25, 0.3) is 10.2 Å². The standard InChI is InChI=1S/C9H19BrN2O2S/c1-9(10)5-6-11-15(13,14)12-7-3-2-4-8-12/h9,11H,2-8H2,1H3. The Labute approximate surface area is 101 Å². The first kappa shape index (κ1) is 13.4. The molecule has 1 fully saturated rings. The van der Waals surface area contributed by atoms with Crippen molar-refractivity contribution < 1.29 is 8.42 Å². The van der Waals surface area contributed by atoms with E-state index in [0.29, 0.717) is 24.5 Å². The SMILES string of the molecule is CC(Br)CCNS(=O)(=O)N1CCCCC1. The topological polar surface area (TPSA) is 49.4 Å². The van der Waals surface area contributed by atoms with Crippen LogP contribution in [0.25, 0.3) is 0 Å². The van der Waals surface area contributed by atoms with Gasteiger partial charge in [-0.3, -0.25) is 0 Å². The van der Waals surface area contributed by atoms with Crippen LogP contribution in [0.3, 0.4) is 0 Å². The van der Waals surface area contributed by atoms with E-state index in [1.54, 1.807) is 4.31 Å². The minimum absolute atomic E-state index is 0.349. The van der Waals surface area contributed by atoms with Crippen molar-refractivity contribution in [1.82, 2.24) is 9.03 Å². The van der Waals surface area contributed by atoms with Gasteiger partial charge in [-0.2, -0.15) is 12.7 Å². The quantitative estimate of drug-likeness (QED) is 0.782. The number of halogens is 1. The molecule has 4 nitrogen and oxygen atoms in total. The molecule has 1 saturated heterocycles. The molecule has 1 N–H and O–H groups in total. The van der Waals surface area contributed by atoms with Gasteiger partial charge in [0.1, 0.15) is 0 Å². The Morgan fingerprint density at radius 1 is 1.33 bits per heavy atom. The number of piperidine rings is 1. The van der Waals surface area contributed by atoms with E-state index in [-0.39, 0.29) is 0 Å². The molecule has 15 heavy (non-hydrogen) atoms. The molecule has 1 heterocycles. The van der Waals surface area contributed by atoms with Crippen LogP contribution in [-0.2, 0) is 10.2 Å². The third kappa shape index (κ3) is 4.80. The molecule has 1 rings (SSSR count). The summed E-state index contributed by atoms with van der Waals surface area (Å²) in [6, 6.07) is 0. The molecule has 6 heteroatoms. The van der Waals surface area contributed by atoms with Crippen molar-refractivity contribution in [3.8, 4) is 0 Å². The molecule has 0 radical (unpaired) electrons. The second-order valence-electron chi connectivity index (χ2n) is 3.93. The van der Waals surface area contributed by atoms with E-state index in [1.807, 2.05) is 6.92 Å². The smallest absolute Gasteiger partial charge is 0.202 e. The summed E-state index contributed by atoms with van der Waals surface area (Å²) in [4.78, 5) is 0.349. The minimum atomic E-state index is -3.22. The summed E-state index contributed by atoms with van der Waals surface area (Å²) >= 11 is 3.39. The van der Waals surface area contributed by atoms with Gasteiger partial charge in [-0.1, -0.05) is 29.3 Å².